The SMILES string of the molecule is Cc1nn(C)c(C)c1OCC(=O)NC(C)(C)CO. The van der Waals surface area contributed by atoms with Crippen LogP contribution in [0, 0.1) is 13.8 Å². The fraction of sp³-hybridized carbons (Fsp3) is 0.667. The van der Waals surface area contributed by atoms with Crippen molar-refractivity contribution in [2.75, 3.05) is 13.2 Å². The Balaban J connectivity index is 2.58. The molecule has 0 saturated carbocycles. The summed E-state index contributed by atoms with van der Waals surface area (Å²) < 4.78 is 7.17. The monoisotopic (exact) mass is 255 g/mol. The molecule has 0 unspecified atom stereocenters. The number of aliphatic hydroxyl groups excluding tert-OH is 1. The number of carbonyl (C=O) groups is 1. The van der Waals surface area contributed by atoms with Crippen LogP contribution in [0.1, 0.15) is 25.2 Å². The molecule has 102 valence electrons. The lowest BCUT2D eigenvalue weighted by Crippen LogP contribution is -2.48. The van der Waals surface area contributed by atoms with Gasteiger partial charge in [0, 0.05) is 7.05 Å². The third kappa shape index (κ3) is 3.46. The predicted molar refractivity (Wildman–Crippen MR) is 67.5 cm³/mol. The van der Waals surface area contributed by atoms with Crippen molar-refractivity contribution in [3.8, 4) is 5.75 Å². The van der Waals surface area contributed by atoms with Crippen LogP contribution in [0.4, 0.5) is 0 Å². The summed E-state index contributed by atoms with van der Waals surface area (Å²) in [5, 5.41) is 15.9. The second-order valence-corrected chi connectivity index (χ2v) is 5.00. The van der Waals surface area contributed by atoms with E-state index in [1.807, 2.05) is 20.9 Å². The number of aryl methyl sites for hydroxylation is 2. The van der Waals surface area contributed by atoms with Crippen LogP contribution in [0.2, 0.25) is 0 Å². The van der Waals surface area contributed by atoms with Crippen LogP contribution < -0.4 is 10.1 Å². The van der Waals surface area contributed by atoms with Gasteiger partial charge in [-0.15, -0.1) is 0 Å². The standard InChI is InChI=1S/C12H21N3O3/c1-8-11(9(2)15(5)14-8)18-6-10(17)13-12(3,4)7-16/h16H,6-7H2,1-5H3,(H,13,17). The van der Waals surface area contributed by atoms with Crippen molar-refractivity contribution in [2.24, 2.45) is 7.05 Å². The second-order valence-electron chi connectivity index (χ2n) is 5.00. The summed E-state index contributed by atoms with van der Waals surface area (Å²) in [6.45, 7) is 6.99. The Morgan fingerprint density at radius 2 is 2.11 bits per heavy atom. The molecule has 0 radical (unpaired) electrons. The Morgan fingerprint density at radius 3 is 2.56 bits per heavy atom. The number of hydrogen-bond donors (Lipinski definition) is 2. The van der Waals surface area contributed by atoms with Crippen molar-refractivity contribution >= 4 is 5.91 Å². The number of rotatable bonds is 5. The number of ether oxygens (including phenoxy) is 1. The van der Waals surface area contributed by atoms with Gasteiger partial charge in [0.15, 0.2) is 12.4 Å². The first kappa shape index (κ1) is 14.5. The first-order chi connectivity index (χ1) is 8.26. The van der Waals surface area contributed by atoms with Gasteiger partial charge in [-0.05, 0) is 27.7 Å². The Bertz CT molecular complexity index is 438. The molecule has 1 rings (SSSR count). The number of carbonyl (C=O) groups excluding carboxylic acids is 1. The summed E-state index contributed by atoms with van der Waals surface area (Å²) in [6, 6.07) is 0. The molecule has 1 aromatic rings. The number of nitrogens with zero attached hydrogens (tertiary/aromatic N) is 2. The quantitative estimate of drug-likeness (QED) is 0.793. The van der Waals surface area contributed by atoms with Crippen molar-refractivity contribution in [1.82, 2.24) is 15.1 Å². The molecule has 0 aliphatic carbocycles. The zero-order valence-electron chi connectivity index (χ0n) is 11.6. The molecule has 0 spiro atoms. The fourth-order valence-corrected chi connectivity index (χ4v) is 1.55. The maximum absolute atomic E-state index is 11.6. The highest BCUT2D eigenvalue weighted by Gasteiger charge is 2.20. The van der Waals surface area contributed by atoms with Crippen LogP contribution >= 0.6 is 0 Å². The van der Waals surface area contributed by atoms with Gasteiger partial charge in [0.25, 0.3) is 5.91 Å². The van der Waals surface area contributed by atoms with Crippen LogP contribution in [-0.2, 0) is 11.8 Å². The Labute approximate surface area is 107 Å². The predicted octanol–water partition coefficient (Wildman–Crippen LogP) is 0.303. The minimum atomic E-state index is -0.639. The van der Waals surface area contributed by atoms with Gasteiger partial charge < -0.3 is 15.2 Å². The minimum absolute atomic E-state index is 0.0865. The van der Waals surface area contributed by atoms with E-state index in [9.17, 15) is 4.79 Å². The van der Waals surface area contributed by atoms with E-state index in [0.717, 1.165) is 11.4 Å². The Morgan fingerprint density at radius 1 is 1.50 bits per heavy atom. The summed E-state index contributed by atoms with van der Waals surface area (Å²) in [5.41, 5.74) is 0.991. The first-order valence-electron chi connectivity index (χ1n) is 5.81. The van der Waals surface area contributed by atoms with E-state index >= 15 is 0 Å². The Hall–Kier alpha value is -1.56. The number of aromatic nitrogens is 2. The summed E-state index contributed by atoms with van der Waals surface area (Å²) in [6.07, 6.45) is 0. The number of amides is 1. The van der Waals surface area contributed by atoms with Gasteiger partial charge in [0.1, 0.15) is 5.69 Å². The number of aliphatic hydroxyl groups is 1. The van der Waals surface area contributed by atoms with Crippen molar-refractivity contribution in [3.63, 3.8) is 0 Å². The molecule has 18 heavy (non-hydrogen) atoms. The maximum Gasteiger partial charge on any atom is 0.258 e. The lowest BCUT2D eigenvalue weighted by atomic mass is 10.1. The van der Waals surface area contributed by atoms with Gasteiger partial charge in [-0.25, -0.2) is 0 Å². The van der Waals surface area contributed by atoms with Crippen LogP contribution in [0.3, 0.4) is 0 Å². The molecule has 1 amide bonds. The van der Waals surface area contributed by atoms with Gasteiger partial charge in [-0.2, -0.15) is 5.10 Å². The summed E-state index contributed by atoms with van der Waals surface area (Å²) in [7, 11) is 1.82. The first-order valence-corrected chi connectivity index (χ1v) is 5.81. The van der Waals surface area contributed by atoms with Gasteiger partial charge >= 0.3 is 0 Å². The fourth-order valence-electron chi connectivity index (χ4n) is 1.55. The van der Waals surface area contributed by atoms with E-state index in [-0.39, 0.29) is 19.1 Å². The maximum atomic E-state index is 11.6. The lowest BCUT2D eigenvalue weighted by Gasteiger charge is -2.23. The van der Waals surface area contributed by atoms with Crippen molar-refractivity contribution in [2.45, 2.75) is 33.2 Å². The summed E-state index contributed by atoms with van der Waals surface area (Å²) >= 11 is 0. The molecule has 1 aromatic heterocycles. The smallest absolute Gasteiger partial charge is 0.258 e. The van der Waals surface area contributed by atoms with Crippen LogP contribution in [0.25, 0.3) is 0 Å². The molecular formula is C12H21N3O3. The van der Waals surface area contributed by atoms with Crippen LogP contribution in [-0.4, -0.2) is 39.5 Å². The third-order valence-electron chi connectivity index (χ3n) is 2.66. The van der Waals surface area contributed by atoms with Crippen molar-refractivity contribution in [3.05, 3.63) is 11.4 Å². The average molecular weight is 255 g/mol. The molecule has 0 aliphatic heterocycles. The molecule has 2 N–H and O–H groups in total. The van der Waals surface area contributed by atoms with Gasteiger partial charge in [-0.1, -0.05) is 0 Å². The second kappa shape index (κ2) is 5.39. The highest BCUT2D eigenvalue weighted by atomic mass is 16.5. The van der Waals surface area contributed by atoms with Crippen LogP contribution in [0.15, 0.2) is 0 Å². The number of nitrogens with one attached hydrogen (secondary N) is 1. The highest BCUT2D eigenvalue weighted by molar-refractivity contribution is 5.78. The molecule has 0 aromatic carbocycles. The van der Waals surface area contributed by atoms with Gasteiger partial charge in [0.2, 0.25) is 0 Å². The van der Waals surface area contributed by atoms with E-state index in [2.05, 4.69) is 10.4 Å². The van der Waals surface area contributed by atoms with E-state index < -0.39 is 5.54 Å². The molecule has 1 heterocycles. The summed E-state index contributed by atoms with van der Waals surface area (Å²) in [5.74, 6) is 0.367. The third-order valence-corrected chi connectivity index (χ3v) is 2.66. The van der Waals surface area contributed by atoms with Gasteiger partial charge in [-0.3, -0.25) is 9.48 Å². The normalized spacial score (nSPS) is 11.4. The van der Waals surface area contributed by atoms with E-state index in [1.165, 1.54) is 0 Å². The van der Waals surface area contributed by atoms with E-state index in [4.69, 9.17) is 9.84 Å². The topological polar surface area (TPSA) is 76.4 Å². The molecule has 0 saturated heterocycles. The van der Waals surface area contributed by atoms with E-state index in [0.29, 0.717) is 5.75 Å². The molecule has 0 fully saturated rings. The zero-order chi connectivity index (χ0) is 13.9. The molecule has 0 aliphatic rings. The van der Waals surface area contributed by atoms with Crippen molar-refractivity contribution < 1.29 is 14.6 Å². The largest absolute Gasteiger partial charge is 0.480 e. The Kier molecular flexibility index (Phi) is 4.34. The molecule has 6 heteroatoms. The average Bonchev–Trinajstić information content (AvgIpc) is 2.50. The molecular weight excluding hydrogens is 234 g/mol. The molecule has 0 atom stereocenters. The molecule has 6 nitrogen and oxygen atoms in total. The van der Waals surface area contributed by atoms with Crippen molar-refractivity contribution in [1.29, 1.82) is 0 Å². The van der Waals surface area contributed by atoms with Crippen LogP contribution in [0.5, 0.6) is 5.75 Å². The lowest BCUT2D eigenvalue weighted by molar-refractivity contribution is -0.125. The zero-order valence-corrected chi connectivity index (χ0v) is 11.6. The number of hydrogen-bond acceptors (Lipinski definition) is 4. The van der Waals surface area contributed by atoms with E-state index in [1.54, 1.807) is 18.5 Å². The summed E-state index contributed by atoms with van der Waals surface area (Å²) in [4.78, 5) is 11.6. The minimum Gasteiger partial charge on any atom is -0.480 e. The highest BCUT2D eigenvalue weighted by Crippen LogP contribution is 2.21. The van der Waals surface area contributed by atoms with Gasteiger partial charge in [0.05, 0.1) is 17.8 Å². The molecule has 0 bridgehead atoms.